The Bertz CT molecular complexity index is 2210. The summed E-state index contributed by atoms with van der Waals surface area (Å²) in [5.74, 6) is -0.627. The summed E-state index contributed by atoms with van der Waals surface area (Å²) in [7, 11) is 1.98. The number of carbonyl (C=O) groups excluding carboxylic acids is 2. The average Bonchev–Trinajstić information content (AvgIpc) is 3.24. The van der Waals surface area contributed by atoms with E-state index in [2.05, 4.69) is 25.5 Å². The summed E-state index contributed by atoms with van der Waals surface area (Å²) in [6.45, 7) is 2.19. The molecule has 1 saturated heterocycles. The first-order chi connectivity index (χ1) is 28.9. The number of phenols is 1. The number of piperidine rings is 1. The molecule has 5 aromatic rings. The largest absolute Gasteiger partial charge is 0.506 e. The molecule has 0 aliphatic carbocycles. The van der Waals surface area contributed by atoms with E-state index in [1.807, 2.05) is 13.1 Å². The number of aliphatic hydroxyl groups excluding tert-OH is 1. The van der Waals surface area contributed by atoms with Crippen molar-refractivity contribution in [1.82, 2.24) is 25.5 Å². The predicted molar refractivity (Wildman–Crippen MR) is 219 cm³/mol. The van der Waals surface area contributed by atoms with Crippen molar-refractivity contribution < 1.29 is 54.2 Å². The number of esters is 1. The number of likely N-dealkylation sites (tertiary alicyclic amines) is 1. The summed E-state index contributed by atoms with van der Waals surface area (Å²) in [6.07, 6.45) is 2.41. The number of rotatable bonds is 15. The molecule has 17 heteroatoms. The van der Waals surface area contributed by atoms with Crippen LogP contribution in [0.4, 0.5) is 0 Å². The number of carbonyl (C=O) groups is 4. The van der Waals surface area contributed by atoms with Gasteiger partial charge >= 0.3 is 5.97 Å². The molecule has 17 nitrogen and oxygen atoms in total. The number of H-pyrrole nitrogens is 1. The number of hydrogen-bond donors (Lipinski definition) is 8. The molecule has 0 bridgehead atoms. The second-order valence-corrected chi connectivity index (χ2v) is 13.7. The fourth-order valence-corrected chi connectivity index (χ4v) is 6.57. The quantitative estimate of drug-likeness (QED) is 0.0429. The van der Waals surface area contributed by atoms with Crippen LogP contribution < -0.4 is 20.9 Å². The lowest BCUT2D eigenvalue weighted by Gasteiger charge is -2.33. The summed E-state index contributed by atoms with van der Waals surface area (Å²) in [5.41, 5.74) is 0.239. The first-order valence-electron chi connectivity index (χ1n) is 19.0. The van der Waals surface area contributed by atoms with E-state index in [-0.39, 0.29) is 54.9 Å². The number of nitrogens with zero attached hydrogens (tertiary/aromatic N) is 2. The highest BCUT2D eigenvalue weighted by Gasteiger charge is 2.43. The Balaban J connectivity index is 0.00000125. The van der Waals surface area contributed by atoms with Gasteiger partial charge in [-0.25, -0.2) is 4.79 Å². The normalized spacial score (nSPS) is 15.1. The van der Waals surface area contributed by atoms with E-state index >= 15 is 0 Å². The fourth-order valence-electron chi connectivity index (χ4n) is 6.57. The summed E-state index contributed by atoms with van der Waals surface area (Å²) in [4.78, 5) is 63.8. The number of phenolic OH excluding ortho intramolecular Hbond substituents is 1. The fraction of sp³-hybridized carbons (Fsp3) is 0.302. The molecule has 3 atom stereocenters. The molecule has 3 aromatic carbocycles. The van der Waals surface area contributed by atoms with E-state index in [4.69, 9.17) is 29.3 Å². The van der Waals surface area contributed by atoms with Crippen LogP contribution in [0.5, 0.6) is 11.5 Å². The van der Waals surface area contributed by atoms with Crippen LogP contribution in [-0.2, 0) is 31.3 Å². The number of likely N-dealkylation sites (N-methyl/N-ethyl adjacent to an activating group) is 1. The summed E-state index contributed by atoms with van der Waals surface area (Å²) >= 11 is 0. The number of aromatic nitrogens is 2. The number of aromatic hydroxyl groups is 1. The van der Waals surface area contributed by atoms with Gasteiger partial charge in [-0.1, -0.05) is 48.5 Å². The monoisotopic (exact) mass is 827 g/mol. The zero-order valence-corrected chi connectivity index (χ0v) is 32.9. The Morgan fingerprint density at radius 1 is 1.00 bits per heavy atom. The number of nitrogens with one attached hydrogen (secondary N) is 3. The molecule has 2 aromatic heterocycles. The van der Waals surface area contributed by atoms with Gasteiger partial charge in [0, 0.05) is 49.4 Å². The SMILES string of the molecule is CN1CCC[C@@H](OC(=O)[C@](O)(c2ccccc2)c2cccc(OCCCNC(=O)c3ccc(CNC[C@H](O)c4ccc(O)c5[nH]c(=O)ccc45)nc3)c2)C1.O=CO.O=CO. The first kappa shape index (κ1) is 46.0. The van der Waals surface area contributed by atoms with Gasteiger partial charge in [0.25, 0.3) is 18.9 Å². The number of fused-ring (bicyclic) bond motifs is 1. The van der Waals surface area contributed by atoms with E-state index in [0.29, 0.717) is 65.1 Å². The lowest BCUT2D eigenvalue weighted by atomic mass is 9.86. The minimum absolute atomic E-state index is 0.0763. The molecular weight excluding hydrogens is 778 g/mol. The zero-order valence-electron chi connectivity index (χ0n) is 32.9. The maximum absolute atomic E-state index is 13.6. The molecule has 3 heterocycles. The molecule has 0 saturated carbocycles. The Hall–Kier alpha value is -6.66. The number of amides is 1. The lowest BCUT2D eigenvalue weighted by molar-refractivity contribution is -0.170. The number of pyridine rings is 2. The zero-order chi connectivity index (χ0) is 43.5. The predicted octanol–water partition coefficient (Wildman–Crippen LogP) is 2.93. The topological polar surface area (TPSA) is 261 Å². The van der Waals surface area contributed by atoms with Crippen molar-refractivity contribution in [3.05, 3.63) is 135 Å². The van der Waals surface area contributed by atoms with Crippen molar-refractivity contribution in [3.63, 3.8) is 0 Å². The van der Waals surface area contributed by atoms with Gasteiger partial charge in [0.2, 0.25) is 11.2 Å². The number of ether oxygens (including phenoxy) is 2. The first-order valence-corrected chi connectivity index (χ1v) is 19.0. The van der Waals surface area contributed by atoms with Crippen LogP contribution in [0.1, 0.15) is 58.1 Å². The van der Waals surface area contributed by atoms with Crippen molar-refractivity contribution in [2.75, 3.05) is 39.8 Å². The third-order valence-corrected chi connectivity index (χ3v) is 9.47. The highest BCUT2D eigenvalue weighted by Crippen LogP contribution is 2.34. The van der Waals surface area contributed by atoms with Crippen molar-refractivity contribution in [2.24, 2.45) is 0 Å². The van der Waals surface area contributed by atoms with Crippen LogP contribution >= 0.6 is 0 Å². The van der Waals surface area contributed by atoms with Gasteiger partial charge in [-0.05, 0) is 80.4 Å². The van der Waals surface area contributed by atoms with Gasteiger partial charge in [0.05, 0.1) is 29.5 Å². The Labute approximate surface area is 345 Å². The average molecular weight is 828 g/mol. The van der Waals surface area contributed by atoms with E-state index in [0.717, 1.165) is 19.4 Å². The number of aromatic amines is 1. The van der Waals surface area contributed by atoms with Crippen molar-refractivity contribution in [1.29, 1.82) is 0 Å². The van der Waals surface area contributed by atoms with Gasteiger partial charge in [0.15, 0.2) is 0 Å². The van der Waals surface area contributed by atoms with Gasteiger partial charge in [-0.2, -0.15) is 0 Å². The second kappa shape index (κ2) is 23.1. The van der Waals surface area contributed by atoms with Crippen molar-refractivity contribution in [3.8, 4) is 11.5 Å². The van der Waals surface area contributed by atoms with Gasteiger partial charge in [-0.3, -0.25) is 24.2 Å². The van der Waals surface area contributed by atoms with Gasteiger partial charge < -0.3 is 55.5 Å². The van der Waals surface area contributed by atoms with Crippen LogP contribution in [0, 0.1) is 0 Å². The molecule has 0 radical (unpaired) electrons. The third kappa shape index (κ3) is 12.7. The Morgan fingerprint density at radius 2 is 1.73 bits per heavy atom. The molecule has 1 aliphatic rings. The standard InChI is InChI=1S/C41H45N5O8.2CH2O2/c1-46-20-6-12-32(26-46)54-40(51)41(52,28-8-3-2-4-9-28)29-10-5-11-31(22-29)53-21-7-19-43-39(50)27-13-14-30(44-23-27)24-42-25-36(48)33-15-17-35(47)38-34(33)16-18-37(49)45-38;2*2-1-3/h2-5,8-11,13-18,22-23,32,36,42,47-48,52H,6-7,12,19-21,24-26H2,1H3,(H,43,50)(H,45,49);2*1H,(H,2,3)/t32-,36+,41+;;/m1../s1. The molecular formula is C43H49N5O12. The molecule has 1 fully saturated rings. The highest BCUT2D eigenvalue weighted by atomic mass is 16.6. The third-order valence-electron chi connectivity index (χ3n) is 9.47. The molecule has 8 N–H and O–H groups in total. The number of carboxylic acid groups (broad SMARTS) is 2. The number of aliphatic hydroxyl groups is 2. The van der Waals surface area contributed by atoms with Crippen LogP contribution in [0.2, 0.25) is 0 Å². The Morgan fingerprint density at radius 3 is 2.43 bits per heavy atom. The van der Waals surface area contributed by atoms with E-state index in [1.165, 1.54) is 18.3 Å². The smallest absolute Gasteiger partial charge is 0.348 e. The summed E-state index contributed by atoms with van der Waals surface area (Å²) in [5, 5.41) is 53.2. The van der Waals surface area contributed by atoms with Crippen molar-refractivity contribution >= 4 is 35.7 Å². The molecule has 0 unspecified atom stereocenters. The molecule has 60 heavy (non-hydrogen) atoms. The molecule has 1 aliphatic heterocycles. The van der Waals surface area contributed by atoms with Crippen LogP contribution in [0.25, 0.3) is 10.9 Å². The van der Waals surface area contributed by atoms with Crippen LogP contribution in [0.15, 0.2) is 102 Å². The van der Waals surface area contributed by atoms with Crippen LogP contribution in [0.3, 0.4) is 0 Å². The maximum atomic E-state index is 13.6. The number of benzene rings is 3. The van der Waals surface area contributed by atoms with E-state index in [9.17, 15) is 29.7 Å². The number of hydrogen-bond acceptors (Lipinski definition) is 13. The minimum Gasteiger partial charge on any atom is -0.506 e. The molecule has 1 amide bonds. The van der Waals surface area contributed by atoms with E-state index < -0.39 is 17.7 Å². The summed E-state index contributed by atoms with van der Waals surface area (Å²) < 4.78 is 11.8. The molecule has 318 valence electrons. The van der Waals surface area contributed by atoms with Gasteiger partial charge in [-0.15, -0.1) is 0 Å². The summed E-state index contributed by atoms with van der Waals surface area (Å²) in [6, 6.07) is 24.9. The van der Waals surface area contributed by atoms with Crippen molar-refractivity contribution in [2.45, 2.75) is 43.6 Å². The maximum Gasteiger partial charge on any atom is 0.348 e. The second-order valence-electron chi connectivity index (χ2n) is 13.7. The van der Waals surface area contributed by atoms with Gasteiger partial charge in [0.1, 0.15) is 17.6 Å². The Kier molecular flexibility index (Phi) is 17.7. The molecule has 6 rings (SSSR count). The lowest BCUT2D eigenvalue weighted by Crippen LogP contribution is -2.44. The highest BCUT2D eigenvalue weighted by molar-refractivity contribution is 5.93. The molecule has 0 spiro atoms. The van der Waals surface area contributed by atoms with Crippen LogP contribution in [-0.4, -0.2) is 111 Å². The van der Waals surface area contributed by atoms with E-state index in [1.54, 1.807) is 72.8 Å². The minimum atomic E-state index is -2.03.